The summed E-state index contributed by atoms with van der Waals surface area (Å²) in [4.78, 5) is 14.5. The van der Waals surface area contributed by atoms with E-state index in [9.17, 15) is 4.79 Å². The highest BCUT2D eigenvalue weighted by molar-refractivity contribution is 6.24. The lowest BCUT2D eigenvalue weighted by Gasteiger charge is -2.33. The first-order chi connectivity index (χ1) is 13.7. The van der Waals surface area contributed by atoms with Crippen LogP contribution in [-0.2, 0) is 6.42 Å². The number of piperidine rings is 1. The van der Waals surface area contributed by atoms with Gasteiger partial charge in [0.1, 0.15) is 0 Å². The summed E-state index contributed by atoms with van der Waals surface area (Å²) in [5, 5.41) is 8.63. The lowest BCUT2D eigenvalue weighted by atomic mass is 9.96. The number of carbonyl (C=O) groups excluding carboxylic acids is 1. The molecular formula is C24H25N3O. The summed E-state index contributed by atoms with van der Waals surface area (Å²) in [5.41, 5.74) is 5.55. The van der Waals surface area contributed by atoms with Crippen molar-refractivity contribution in [2.45, 2.75) is 25.3 Å². The van der Waals surface area contributed by atoms with Crippen LogP contribution in [0, 0.1) is 0 Å². The quantitative estimate of drug-likeness (QED) is 0.723. The van der Waals surface area contributed by atoms with Crippen LogP contribution in [0.3, 0.4) is 0 Å². The Hall–Kier alpha value is -2.85. The Morgan fingerprint density at radius 2 is 1.79 bits per heavy atom. The largest absolute Gasteiger partial charge is 0.372 e. The first-order valence-corrected chi connectivity index (χ1v) is 10.1. The van der Waals surface area contributed by atoms with Gasteiger partial charge in [-0.2, -0.15) is 0 Å². The number of nitrogens with one attached hydrogen (secondary N) is 2. The number of nitrogens with zero attached hydrogens (tertiary/aromatic N) is 1. The maximum Gasteiger partial charge on any atom is 0.256 e. The predicted octanol–water partition coefficient (Wildman–Crippen LogP) is 4.18. The highest BCUT2D eigenvalue weighted by Gasteiger charge is 2.22. The number of amides is 1. The zero-order valence-electron chi connectivity index (χ0n) is 16.2. The van der Waals surface area contributed by atoms with Crippen LogP contribution in [0.15, 0.2) is 54.6 Å². The van der Waals surface area contributed by atoms with E-state index >= 15 is 0 Å². The average molecular weight is 371 g/mol. The zero-order chi connectivity index (χ0) is 19.1. The fourth-order valence-electron chi connectivity index (χ4n) is 4.58. The minimum absolute atomic E-state index is 0.00283. The van der Waals surface area contributed by atoms with Gasteiger partial charge in [-0.1, -0.05) is 30.3 Å². The molecule has 0 spiro atoms. The molecule has 1 amide bonds. The van der Waals surface area contributed by atoms with Crippen molar-refractivity contribution >= 4 is 28.1 Å². The molecule has 2 N–H and O–H groups in total. The molecule has 0 unspecified atom stereocenters. The molecule has 4 heteroatoms. The van der Waals surface area contributed by atoms with Crippen LogP contribution in [0.1, 0.15) is 34.3 Å². The van der Waals surface area contributed by atoms with E-state index < -0.39 is 0 Å². The lowest BCUT2D eigenvalue weighted by Crippen LogP contribution is -2.41. The van der Waals surface area contributed by atoms with E-state index in [4.69, 9.17) is 0 Å². The molecule has 4 nitrogen and oxygen atoms in total. The normalized spacial score (nSPS) is 16.4. The summed E-state index contributed by atoms with van der Waals surface area (Å²) in [6, 6.07) is 19.7. The summed E-state index contributed by atoms with van der Waals surface area (Å²) < 4.78 is 0. The fourth-order valence-corrected chi connectivity index (χ4v) is 4.58. The van der Waals surface area contributed by atoms with E-state index in [2.05, 4.69) is 59.0 Å². The summed E-state index contributed by atoms with van der Waals surface area (Å²) in [7, 11) is 2.21. The molecule has 5 rings (SSSR count). The topological polar surface area (TPSA) is 44.4 Å². The standard InChI is InChI=1S/C24H25N3O/c1-27(19-11-13-25-14-12-19)18-8-5-16(6-9-18)15-17-7-10-22-23-20(17)3-2-4-21(23)24(28)26-22/h2-10,19,25H,11-15H2,1H3,(H,26,28). The van der Waals surface area contributed by atoms with Crippen LogP contribution >= 0.6 is 0 Å². The molecule has 0 aliphatic carbocycles. The van der Waals surface area contributed by atoms with Crippen molar-refractivity contribution in [2.75, 3.05) is 30.4 Å². The molecule has 2 aliphatic rings. The van der Waals surface area contributed by atoms with Crippen molar-refractivity contribution < 1.29 is 4.79 Å². The minimum Gasteiger partial charge on any atom is -0.372 e. The molecule has 28 heavy (non-hydrogen) atoms. The Morgan fingerprint density at radius 1 is 1.00 bits per heavy atom. The highest BCUT2D eigenvalue weighted by atomic mass is 16.1. The summed E-state index contributed by atoms with van der Waals surface area (Å²) in [6.45, 7) is 2.21. The molecule has 0 atom stereocenters. The van der Waals surface area contributed by atoms with Crippen LogP contribution < -0.4 is 15.5 Å². The molecule has 2 aliphatic heterocycles. The molecule has 0 bridgehead atoms. The van der Waals surface area contributed by atoms with E-state index in [0.717, 1.165) is 36.1 Å². The molecule has 0 saturated carbocycles. The van der Waals surface area contributed by atoms with Gasteiger partial charge in [-0.15, -0.1) is 0 Å². The van der Waals surface area contributed by atoms with Gasteiger partial charge in [0.05, 0.1) is 0 Å². The minimum atomic E-state index is 0.00283. The van der Waals surface area contributed by atoms with Crippen molar-refractivity contribution in [3.63, 3.8) is 0 Å². The van der Waals surface area contributed by atoms with Crippen molar-refractivity contribution in [1.29, 1.82) is 0 Å². The number of carbonyl (C=O) groups is 1. The van der Waals surface area contributed by atoms with Gasteiger partial charge in [0.25, 0.3) is 5.91 Å². The maximum absolute atomic E-state index is 12.1. The number of hydrogen-bond acceptors (Lipinski definition) is 3. The van der Waals surface area contributed by atoms with E-state index in [1.54, 1.807) is 0 Å². The number of rotatable bonds is 4. The van der Waals surface area contributed by atoms with Gasteiger partial charge in [0.2, 0.25) is 0 Å². The van der Waals surface area contributed by atoms with Crippen molar-refractivity contribution in [3.05, 3.63) is 71.3 Å². The number of anilines is 2. The average Bonchev–Trinajstić information content (AvgIpc) is 3.08. The van der Waals surface area contributed by atoms with Crippen molar-refractivity contribution in [3.8, 4) is 0 Å². The van der Waals surface area contributed by atoms with E-state index in [0.29, 0.717) is 6.04 Å². The second kappa shape index (κ2) is 6.95. The predicted molar refractivity (Wildman–Crippen MR) is 115 cm³/mol. The summed E-state index contributed by atoms with van der Waals surface area (Å²) in [6.07, 6.45) is 3.27. The SMILES string of the molecule is CN(c1ccc(Cc2ccc3c4c(cccc24)C(=O)N3)cc1)C1CCNCC1. The van der Waals surface area contributed by atoms with Gasteiger partial charge < -0.3 is 15.5 Å². The second-order valence-corrected chi connectivity index (χ2v) is 7.89. The van der Waals surface area contributed by atoms with E-state index in [1.165, 1.54) is 35.0 Å². The first-order valence-electron chi connectivity index (χ1n) is 10.1. The van der Waals surface area contributed by atoms with Crippen molar-refractivity contribution in [2.24, 2.45) is 0 Å². The third-order valence-electron chi connectivity index (χ3n) is 6.22. The summed E-state index contributed by atoms with van der Waals surface area (Å²) >= 11 is 0. The van der Waals surface area contributed by atoms with Gasteiger partial charge >= 0.3 is 0 Å². The Labute approximate surface area is 165 Å². The Balaban J connectivity index is 1.40. The molecule has 2 heterocycles. The smallest absolute Gasteiger partial charge is 0.256 e. The van der Waals surface area contributed by atoms with Crippen LogP contribution in [0.2, 0.25) is 0 Å². The maximum atomic E-state index is 12.1. The third kappa shape index (κ3) is 2.94. The lowest BCUT2D eigenvalue weighted by molar-refractivity contribution is 0.103. The van der Waals surface area contributed by atoms with E-state index in [1.807, 2.05) is 18.2 Å². The Kier molecular flexibility index (Phi) is 4.29. The summed E-state index contributed by atoms with van der Waals surface area (Å²) in [5.74, 6) is 0.00283. The molecule has 1 saturated heterocycles. The van der Waals surface area contributed by atoms with Gasteiger partial charge in [-0.25, -0.2) is 0 Å². The fraction of sp³-hybridized carbons (Fsp3) is 0.292. The van der Waals surface area contributed by atoms with Gasteiger partial charge in [0, 0.05) is 35.4 Å². The van der Waals surface area contributed by atoms with Gasteiger partial charge in [-0.3, -0.25) is 4.79 Å². The molecule has 3 aromatic rings. The number of benzene rings is 3. The molecule has 0 aromatic heterocycles. The molecule has 0 radical (unpaired) electrons. The molecule has 1 fully saturated rings. The van der Waals surface area contributed by atoms with Gasteiger partial charge in [0.15, 0.2) is 0 Å². The molecule has 142 valence electrons. The van der Waals surface area contributed by atoms with Crippen molar-refractivity contribution in [1.82, 2.24) is 5.32 Å². The van der Waals surface area contributed by atoms with Crippen LogP contribution in [-0.4, -0.2) is 32.1 Å². The van der Waals surface area contributed by atoms with E-state index in [-0.39, 0.29) is 5.91 Å². The zero-order valence-corrected chi connectivity index (χ0v) is 16.2. The second-order valence-electron chi connectivity index (χ2n) is 7.89. The monoisotopic (exact) mass is 371 g/mol. The van der Waals surface area contributed by atoms with Gasteiger partial charge in [-0.05, 0) is 73.1 Å². The first kappa shape index (κ1) is 17.3. The van der Waals surface area contributed by atoms with Crippen LogP contribution in [0.4, 0.5) is 11.4 Å². The molecular weight excluding hydrogens is 346 g/mol. The number of hydrogen-bond donors (Lipinski definition) is 2. The van der Waals surface area contributed by atoms with Crippen LogP contribution in [0.25, 0.3) is 10.8 Å². The highest BCUT2D eigenvalue weighted by Crippen LogP contribution is 2.35. The third-order valence-corrected chi connectivity index (χ3v) is 6.22. The molecule has 3 aromatic carbocycles. The van der Waals surface area contributed by atoms with Crippen LogP contribution in [0.5, 0.6) is 0 Å². The Morgan fingerprint density at radius 3 is 2.57 bits per heavy atom. The Bertz CT molecular complexity index is 1040.